The van der Waals surface area contributed by atoms with Gasteiger partial charge in [0.25, 0.3) is 0 Å². The molecular formula is C56H44N2. The van der Waals surface area contributed by atoms with E-state index in [9.17, 15) is 0 Å². The van der Waals surface area contributed by atoms with Crippen molar-refractivity contribution in [2.75, 3.05) is 9.80 Å². The number of aryl methyl sites for hydroxylation is 2. The Morgan fingerprint density at radius 1 is 0.379 bits per heavy atom. The SMILES string of the molecule is Cc1ccc(N(C2=CCCC=C2)c2ccc3c(-c4cccc5ccccc45)c4cc(N(c5ccccc5)c5ccc(C)cc5)ccc4c(-c4ccccc4)c3c2)cc1. The van der Waals surface area contributed by atoms with E-state index >= 15 is 0 Å². The Bertz CT molecular complexity index is 2990. The van der Waals surface area contributed by atoms with Crippen molar-refractivity contribution in [3.63, 3.8) is 0 Å². The smallest absolute Gasteiger partial charge is 0.0468 e. The summed E-state index contributed by atoms with van der Waals surface area (Å²) in [6.45, 7) is 4.30. The number of hydrogen-bond acceptors (Lipinski definition) is 2. The number of rotatable bonds is 8. The summed E-state index contributed by atoms with van der Waals surface area (Å²) in [6, 6.07) is 69.3. The Morgan fingerprint density at radius 2 is 0.914 bits per heavy atom. The Hall–Kier alpha value is -7.16. The summed E-state index contributed by atoms with van der Waals surface area (Å²) >= 11 is 0. The van der Waals surface area contributed by atoms with Crippen molar-refractivity contribution in [1.29, 1.82) is 0 Å². The second-order valence-electron chi connectivity index (χ2n) is 15.4. The minimum absolute atomic E-state index is 1.03. The zero-order valence-corrected chi connectivity index (χ0v) is 32.9. The molecule has 0 amide bonds. The lowest BCUT2D eigenvalue weighted by Crippen LogP contribution is -2.16. The van der Waals surface area contributed by atoms with Gasteiger partial charge in [-0.1, -0.05) is 151 Å². The Labute approximate surface area is 341 Å². The van der Waals surface area contributed by atoms with Gasteiger partial charge in [-0.15, -0.1) is 0 Å². The molecule has 0 fully saturated rings. The minimum atomic E-state index is 1.03. The van der Waals surface area contributed by atoms with E-state index in [0.29, 0.717) is 0 Å². The topological polar surface area (TPSA) is 6.48 Å². The fourth-order valence-corrected chi connectivity index (χ4v) is 8.76. The largest absolute Gasteiger partial charge is 0.311 e. The summed E-state index contributed by atoms with van der Waals surface area (Å²) in [5, 5.41) is 7.36. The van der Waals surface area contributed by atoms with Crippen molar-refractivity contribution in [1.82, 2.24) is 0 Å². The van der Waals surface area contributed by atoms with Crippen molar-refractivity contribution in [3.05, 3.63) is 223 Å². The number of allylic oxidation sites excluding steroid dienone is 3. The maximum Gasteiger partial charge on any atom is 0.0468 e. The molecule has 58 heavy (non-hydrogen) atoms. The van der Waals surface area contributed by atoms with Crippen molar-refractivity contribution < 1.29 is 0 Å². The van der Waals surface area contributed by atoms with Crippen molar-refractivity contribution >= 4 is 60.8 Å². The van der Waals surface area contributed by atoms with E-state index in [2.05, 4.69) is 230 Å². The molecule has 0 aromatic heterocycles. The van der Waals surface area contributed by atoms with E-state index in [1.165, 1.54) is 71.4 Å². The van der Waals surface area contributed by atoms with Crippen LogP contribution < -0.4 is 9.80 Å². The summed E-state index contributed by atoms with van der Waals surface area (Å²) in [5.74, 6) is 0. The molecule has 1 aliphatic rings. The van der Waals surface area contributed by atoms with Gasteiger partial charge in [0.05, 0.1) is 0 Å². The maximum absolute atomic E-state index is 2.44. The van der Waals surface area contributed by atoms with Gasteiger partial charge in [-0.3, -0.25) is 0 Å². The summed E-state index contributed by atoms with van der Waals surface area (Å²) in [7, 11) is 0. The average Bonchev–Trinajstić information content (AvgIpc) is 3.28. The van der Waals surface area contributed by atoms with E-state index in [1.807, 2.05) is 0 Å². The van der Waals surface area contributed by atoms with Gasteiger partial charge >= 0.3 is 0 Å². The summed E-state index contributed by atoms with van der Waals surface area (Å²) in [5.41, 5.74) is 14.2. The number of hydrogen-bond donors (Lipinski definition) is 0. The second-order valence-corrected chi connectivity index (χ2v) is 15.4. The van der Waals surface area contributed by atoms with Crippen LogP contribution in [0.5, 0.6) is 0 Å². The summed E-state index contributed by atoms with van der Waals surface area (Å²) in [6.07, 6.45) is 9.04. The van der Waals surface area contributed by atoms with Gasteiger partial charge in [0.1, 0.15) is 0 Å². The number of nitrogens with zero attached hydrogens (tertiary/aromatic N) is 2. The Kier molecular flexibility index (Phi) is 9.16. The van der Waals surface area contributed by atoms with Crippen molar-refractivity contribution in [2.24, 2.45) is 0 Å². The molecular weight excluding hydrogens is 701 g/mol. The zero-order valence-electron chi connectivity index (χ0n) is 32.9. The highest BCUT2D eigenvalue weighted by Gasteiger charge is 2.23. The molecule has 9 aromatic rings. The highest BCUT2D eigenvalue weighted by atomic mass is 15.1. The van der Waals surface area contributed by atoms with Crippen LogP contribution in [0.1, 0.15) is 24.0 Å². The average molecular weight is 745 g/mol. The first-order chi connectivity index (χ1) is 28.6. The van der Waals surface area contributed by atoms with Gasteiger partial charge in [0.2, 0.25) is 0 Å². The molecule has 10 rings (SSSR count). The summed E-state index contributed by atoms with van der Waals surface area (Å²) < 4.78 is 0. The first-order valence-electron chi connectivity index (χ1n) is 20.3. The molecule has 1 aliphatic carbocycles. The highest BCUT2D eigenvalue weighted by Crippen LogP contribution is 2.49. The molecule has 0 N–H and O–H groups in total. The molecule has 0 heterocycles. The van der Waals surface area contributed by atoms with Crippen molar-refractivity contribution in [2.45, 2.75) is 26.7 Å². The first-order valence-corrected chi connectivity index (χ1v) is 20.3. The third kappa shape index (κ3) is 6.43. The van der Waals surface area contributed by atoms with Crippen LogP contribution in [0.4, 0.5) is 28.4 Å². The first kappa shape index (κ1) is 35.3. The number of benzene rings is 9. The highest BCUT2D eigenvalue weighted by molar-refractivity contribution is 6.24. The van der Waals surface area contributed by atoms with E-state index < -0.39 is 0 Å². The predicted octanol–water partition coefficient (Wildman–Crippen LogP) is 15.9. The van der Waals surface area contributed by atoms with Crippen LogP contribution in [-0.4, -0.2) is 0 Å². The molecule has 0 atom stereocenters. The molecule has 0 radical (unpaired) electrons. The molecule has 2 nitrogen and oxygen atoms in total. The lowest BCUT2D eigenvalue weighted by molar-refractivity contribution is 0.997. The maximum atomic E-state index is 2.44. The Morgan fingerprint density at radius 3 is 1.59 bits per heavy atom. The quantitative estimate of drug-likeness (QED) is 0.143. The fraction of sp³-hybridized carbons (Fsp3) is 0.0714. The zero-order chi connectivity index (χ0) is 39.0. The molecule has 0 unspecified atom stereocenters. The van der Waals surface area contributed by atoms with Gasteiger partial charge in [0, 0.05) is 34.1 Å². The van der Waals surface area contributed by atoms with Gasteiger partial charge in [-0.25, -0.2) is 0 Å². The third-order valence-electron chi connectivity index (χ3n) is 11.6. The van der Waals surface area contributed by atoms with Crippen LogP contribution >= 0.6 is 0 Å². The number of fused-ring (bicyclic) bond motifs is 3. The molecule has 0 bridgehead atoms. The minimum Gasteiger partial charge on any atom is -0.311 e. The summed E-state index contributed by atoms with van der Waals surface area (Å²) in [4.78, 5) is 4.81. The monoisotopic (exact) mass is 744 g/mol. The van der Waals surface area contributed by atoms with Gasteiger partial charge < -0.3 is 9.80 Å². The van der Waals surface area contributed by atoms with Gasteiger partial charge in [-0.2, -0.15) is 0 Å². The van der Waals surface area contributed by atoms with Crippen LogP contribution in [0, 0.1) is 13.8 Å². The van der Waals surface area contributed by atoms with Gasteiger partial charge in [-0.05, 0) is 148 Å². The van der Waals surface area contributed by atoms with E-state index in [4.69, 9.17) is 0 Å². The van der Waals surface area contributed by atoms with Crippen LogP contribution in [0.3, 0.4) is 0 Å². The standard InChI is InChI=1S/C56H44N2/c1-39-25-29-45(30-26-39)57(43-19-8-4-9-20-43)47-34-36-52-53(37-47)55(42-16-6-3-7-17-42)51-35-33-48(58(44-21-10-5-11-22-44)46-31-27-40(2)28-32-46)38-54(51)56(52)50-24-14-18-41-15-12-13-23-49(41)50/h3,5-8,10-38H,4,9H2,1-2H3. The normalized spacial score (nSPS) is 12.6. The number of para-hydroxylation sites is 1. The fourth-order valence-electron chi connectivity index (χ4n) is 8.76. The second kappa shape index (κ2) is 15.1. The van der Waals surface area contributed by atoms with Crippen molar-refractivity contribution in [3.8, 4) is 22.3 Å². The molecule has 0 saturated heterocycles. The number of anilines is 5. The Balaban J connectivity index is 1.32. The third-order valence-corrected chi connectivity index (χ3v) is 11.6. The van der Waals surface area contributed by atoms with Crippen LogP contribution in [-0.2, 0) is 0 Å². The van der Waals surface area contributed by atoms with E-state index in [-0.39, 0.29) is 0 Å². The molecule has 0 aliphatic heterocycles. The molecule has 9 aromatic carbocycles. The van der Waals surface area contributed by atoms with Gasteiger partial charge in [0.15, 0.2) is 0 Å². The van der Waals surface area contributed by atoms with E-state index in [0.717, 1.165) is 41.3 Å². The molecule has 0 spiro atoms. The van der Waals surface area contributed by atoms with E-state index in [1.54, 1.807) is 0 Å². The predicted molar refractivity (Wildman–Crippen MR) is 249 cm³/mol. The van der Waals surface area contributed by atoms with Crippen LogP contribution in [0.15, 0.2) is 212 Å². The van der Waals surface area contributed by atoms with Crippen LogP contribution in [0.2, 0.25) is 0 Å². The van der Waals surface area contributed by atoms with Crippen LogP contribution in [0.25, 0.3) is 54.6 Å². The lowest BCUT2D eigenvalue weighted by Gasteiger charge is -2.29. The lowest BCUT2D eigenvalue weighted by atomic mass is 9.84. The molecule has 2 heteroatoms. The molecule has 278 valence electrons. The molecule has 0 saturated carbocycles.